The number of aromatic amines is 1. The molecule has 2 aromatic rings. The van der Waals surface area contributed by atoms with Gasteiger partial charge in [-0.25, -0.2) is 9.78 Å². The molecule has 0 bridgehead atoms. The van der Waals surface area contributed by atoms with Crippen LogP contribution >= 0.6 is 12.6 Å². The Labute approximate surface area is 227 Å². The Hall–Kier alpha value is -2.34. The Morgan fingerprint density at radius 3 is 2.24 bits per heavy atom. The van der Waals surface area contributed by atoms with Gasteiger partial charge in [0.2, 0.25) is 0 Å². The van der Waals surface area contributed by atoms with Crippen molar-refractivity contribution in [1.29, 1.82) is 0 Å². The lowest BCUT2D eigenvalue weighted by Gasteiger charge is -2.32. The standard InChI is InChI=1S/C19H28BN3O2S.C4H7NO3.C3H8/c1-18(2)19(3,4)25-20(24-18)15-8-6-14(7-9-15)16-12-21-17(22-16)13-23(5)10-11-26;1-8-4(7)5-2-3-6;1-3-2/h6-9,12,26H,10-11,13H2,1-5H3,(H,21,22);3H,2H2,1H3,(H,5,7);3H2,1-2H3. The molecule has 1 amide bonds. The van der Waals surface area contributed by atoms with Gasteiger partial charge < -0.3 is 29.1 Å². The first-order valence-corrected chi connectivity index (χ1v) is 13.1. The van der Waals surface area contributed by atoms with Crippen molar-refractivity contribution >= 4 is 37.6 Å². The van der Waals surface area contributed by atoms with E-state index >= 15 is 0 Å². The first-order chi connectivity index (χ1) is 17.4. The number of carbonyl (C=O) groups excluding carboxylic acids is 2. The molecule has 2 heterocycles. The number of thiol groups is 1. The highest BCUT2D eigenvalue weighted by molar-refractivity contribution is 7.80. The van der Waals surface area contributed by atoms with Crippen LogP contribution in [0.5, 0.6) is 0 Å². The molecule has 9 nitrogen and oxygen atoms in total. The van der Waals surface area contributed by atoms with Gasteiger partial charge in [-0.2, -0.15) is 12.6 Å². The molecular weight excluding hydrogens is 491 g/mol. The summed E-state index contributed by atoms with van der Waals surface area (Å²) in [5, 5.41) is 2.15. The number of H-pyrrole nitrogens is 1. The number of carbonyl (C=O) groups is 2. The normalized spacial score (nSPS) is 15.2. The van der Waals surface area contributed by atoms with Gasteiger partial charge >= 0.3 is 13.2 Å². The third-order valence-corrected chi connectivity index (χ3v) is 5.99. The number of alkyl carbamates (subject to hydrolysis) is 1. The van der Waals surface area contributed by atoms with Crippen molar-refractivity contribution in [3.8, 4) is 11.3 Å². The van der Waals surface area contributed by atoms with Crippen LogP contribution in [0.25, 0.3) is 11.3 Å². The van der Waals surface area contributed by atoms with Crippen molar-refractivity contribution in [3.05, 3.63) is 36.3 Å². The average molecular weight is 535 g/mol. The van der Waals surface area contributed by atoms with Gasteiger partial charge in [0.05, 0.1) is 43.3 Å². The van der Waals surface area contributed by atoms with E-state index in [-0.39, 0.29) is 24.9 Å². The van der Waals surface area contributed by atoms with Crippen LogP contribution in [0.2, 0.25) is 0 Å². The van der Waals surface area contributed by atoms with E-state index in [2.05, 4.69) is 110 Å². The fourth-order valence-corrected chi connectivity index (χ4v) is 3.43. The Kier molecular flexibility index (Phi) is 14.0. The second kappa shape index (κ2) is 15.8. The maximum Gasteiger partial charge on any atom is 0.494 e. The van der Waals surface area contributed by atoms with Crippen LogP contribution in [0, 0.1) is 0 Å². The number of amides is 1. The summed E-state index contributed by atoms with van der Waals surface area (Å²) in [5.41, 5.74) is 2.49. The average Bonchev–Trinajstić information content (AvgIpc) is 3.39. The van der Waals surface area contributed by atoms with Crippen LogP contribution in [0.4, 0.5) is 4.79 Å². The summed E-state index contributed by atoms with van der Waals surface area (Å²) in [6.07, 6.45) is 3.13. The molecule has 206 valence electrons. The van der Waals surface area contributed by atoms with Crippen molar-refractivity contribution in [3.63, 3.8) is 0 Å². The van der Waals surface area contributed by atoms with E-state index < -0.39 is 6.09 Å². The van der Waals surface area contributed by atoms with Gasteiger partial charge in [-0.3, -0.25) is 4.90 Å². The number of methoxy groups -OCH3 is 1. The summed E-state index contributed by atoms with van der Waals surface area (Å²) < 4.78 is 16.4. The quantitative estimate of drug-likeness (QED) is 0.270. The number of benzene rings is 1. The maximum atomic E-state index is 10.1. The smallest absolute Gasteiger partial charge is 0.453 e. The molecular formula is C26H43BN4O5S. The zero-order valence-corrected chi connectivity index (χ0v) is 24.4. The molecule has 0 saturated carbocycles. The van der Waals surface area contributed by atoms with E-state index in [1.807, 2.05) is 6.20 Å². The number of aldehydes is 1. The number of ether oxygens (including phenoxy) is 1. The predicted octanol–water partition coefficient (Wildman–Crippen LogP) is 3.70. The van der Waals surface area contributed by atoms with Crippen LogP contribution in [-0.2, 0) is 25.4 Å². The molecule has 1 saturated heterocycles. The topological polar surface area (TPSA) is 106 Å². The third kappa shape index (κ3) is 10.5. The summed E-state index contributed by atoms with van der Waals surface area (Å²) >= 11 is 4.26. The molecule has 1 aromatic heterocycles. The monoisotopic (exact) mass is 534 g/mol. The van der Waals surface area contributed by atoms with Crippen molar-refractivity contribution in [2.45, 2.75) is 65.7 Å². The minimum absolute atomic E-state index is 0.00662. The molecule has 0 spiro atoms. The highest BCUT2D eigenvalue weighted by Crippen LogP contribution is 2.36. The molecule has 1 aliphatic rings. The molecule has 11 heteroatoms. The lowest BCUT2D eigenvalue weighted by Crippen LogP contribution is -2.41. The molecule has 3 rings (SSSR count). The molecule has 37 heavy (non-hydrogen) atoms. The Morgan fingerprint density at radius 1 is 1.19 bits per heavy atom. The van der Waals surface area contributed by atoms with E-state index in [4.69, 9.17) is 9.31 Å². The number of hydrogen-bond donors (Lipinski definition) is 3. The van der Waals surface area contributed by atoms with Gasteiger partial charge in [0.25, 0.3) is 0 Å². The van der Waals surface area contributed by atoms with Gasteiger partial charge in [0.15, 0.2) is 0 Å². The summed E-state index contributed by atoms with van der Waals surface area (Å²) in [5.74, 6) is 1.80. The Bertz CT molecular complexity index is 937. The molecule has 1 aromatic carbocycles. The van der Waals surface area contributed by atoms with Crippen molar-refractivity contribution in [2.24, 2.45) is 0 Å². The minimum atomic E-state index is -0.586. The molecule has 0 aliphatic carbocycles. The van der Waals surface area contributed by atoms with Crippen molar-refractivity contribution in [1.82, 2.24) is 20.2 Å². The van der Waals surface area contributed by atoms with Gasteiger partial charge in [-0.15, -0.1) is 0 Å². The summed E-state index contributed by atoms with van der Waals surface area (Å²) in [4.78, 5) is 29.7. The molecule has 0 unspecified atom stereocenters. The largest absolute Gasteiger partial charge is 0.494 e. The van der Waals surface area contributed by atoms with Crippen LogP contribution < -0.4 is 10.8 Å². The Morgan fingerprint density at radius 2 is 1.76 bits per heavy atom. The summed E-state index contributed by atoms with van der Waals surface area (Å²) in [6, 6.07) is 8.28. The second-order valence-corrected chi connectivity index (χ2v) is 10.1. The van der Waals surface area contributed by atoms with Gasteiger partial charge in [0.1, 0.15) is 12.1 Å². The number of hydrogen-bond acceptors (Lipinski definition) is 8. The highest BCUT2D eigenvalue weighted by Gasteiger charge is 2.51. The molecule has 0 atom stereocenters. The fourth-order valence-electron chi connectivity index (χ4n) is 3.09. The second-order valence-electron chi connectivity index (χ2n) is 9.66. The van der Waals surface area contributed by atoms with E-state index in [0.29, 0.717) is 6.29 Å². The Balaban J connectivity index is 0.000000526. The highest BCUT2D eigenvalue weighted by atomic mass is 32.1. The lowest BCUT2D eigenvalue weighted by atomic mass is 9.79. The fraction of sp³-hybridized carbons (Fsp3) is 0.577. The van der Waals surface area contributed by atoms with Crippen molar-refractivity contribution < 1.29 is 23.6 Å². The first kappa shape index (κ1) is 32.7. The van der Waals surface area contributed by atoms with Crippen LogP contribution in [0.3, 0.4) is 0 Å². The number of aromatic nitrogens is 2. The zero-order chi connectivity index (χ0) is 28.1. The number of rotatable bonds is 8. The number of imidazole rings is 1. The van der Waals surface area contributed by atoms with Gasteiger partial charge in [-0.1, -0.05) is 44.5 Å². The predicted molar refractivity (Wildman–Crippen MR) is 152 cm³/mol. The van der Waals surface area contributed by atoms with Crippen molar-refractivity contribution in [2.75, 3.05) is 33.0 Å². The molecule has 0 radical (unpaired) electrons. The maximum absolute atomic E-state index is 10.1. The number of nitrogens with zero attached hydrogens (tertiary/aromatic N) is 2. The van der Waals surface area contributed by atoms with Crippen LogP contribution in [-0.4, -0.2) is 78.6 Å². The lowest BCUT2D eigenvalue weighted by molar-refractivity contribution is -0.107. The van der Waals surface area contributed by atoms with E-state index in [9.17, 15) is 9.59 Å². The molecule has 1 fully saturated rings. The van der Waals surface area contributed by atoms with Crippen LogP contribution in [0.1, 0.15) is 53.8 Å². The molecule has 1 aliphatic heterocycles. The first-order valence-electron chi connectivity index (χ1n) is 12.5. The SMILES string of the molecule is CCC.CN(CCS)Cc1ncc(-c2ccc(B3OC(C)(C)C(C)(C)O3)cc2)[nH]1.COC(=O)NCC=O. The van der Waals surface area contributed by atoms with Crippen LogP contribution in [0.15, 0.2) is 30.5 Å². The number of nitrogens with one attached hydrogen (secondary N) is 2. The summed E-state index contributed by atoms with van der Waals surface area (Å²) in [7, 11) is 2.97. The van der Waals surface area contributed by atoms with E-state index in [1.54, 1.807) is 0 Å². The minimum Gasteiger partial charge on any atom is -0.453 e. The van der Waals surface area contributed by atoms with E-state index in [1.165, 1.54) is 13.5 Å². The third-order valence-electron chi connectivity index (χ3n) is 5.79. The van der Waals surface area contributed by atoms with Gasteiger partial charge in [-0.05, 0) is 45.8 Å². The van der Waals surface area contributed by atoms with Gasteiger partial charge in [0, 0.05) is 12.3 Å². The molecule has 2 N–H and O–H groups in total. The van der Waals surface area contributed by atoms with E-state index in [0.717, 1.165) is 41.4 Å². The summed E-state index contributed by atoms with van der Waals surface area (Å²) in [6.45, 7) is 14.2. The zero-order valence-electron chi connectivity index (χ0n) is 23.5.